The molecule has 0 radical (unpaired) electrons. The maximum absolute atomic E-state index is 2.93. The smallest absolute Gasteiger partial charge is 0.0774 e. The molecule has 0 aromatic heterocycles. The maximum atomic E-state index is 2.93. The van der Waals surface area contributed by atoms with Crippen LogP contribution in [-0.4, -0.2) is 8.07 Å². The van der Waals surface area contributed by atoms with Gasteiger partial charge >= 0.3 is 0 Å². The van der Waals surface area contributed by atoms with Gasteiger partial charge in [-0.05, 0) is 12.8 Å². The minimum atomic E-state index is -1.30. The third kappa shape index (κ3) is 29.8. The molecule has 0 rings (SSSR count). The summed E-state index contributed by atoms with van der Waals surface area (Å²) < 4.78 is 0. The summed E-state index contributed by atoms with van der Waals surface area (Å²) in [5.41, 5.74) is 2.93. The van der Waals surface area contributed by atoms with Gasteiger partial charge in [-0.2, -0.15) is 0 Å². The predicted molar refractivity (Wildman–Crippen MR) is 195 cm³/mol. The van der Waals surface area contributed by atoms with E-state index in [1.807, 2.05) is 0 Å². The fourth-order valence-corrected chi connectivity index (χ4v) is 11.6. The van der Waals surface area contributed by atoms with Crippen LogP contribution in [0, 0.1) is 0 Å². The summed E-state index contributed by atoms with van der Waals surface area (Å²) in [6, 6.07) is 4.80. The molecule has 0 heterocycles. The van der Waals surface area contributed by atoms with Crippen molar-refractivity contribution < 1.29 is 0 Å². The van der Waals surface area contributed by atoms with Gasteiger partial charge in [0.05, 0.1) is 8.07 Å². The summed E-state index contributed by atoms with van der Waals surface area (Å²) in [6.07, 6.45) is 47.9. The van der Waals surface area contributed by atoms with Gasteiger partial charge < -0.3 is 0 Å². The Balaban J connectivity index is 4.92. The third-order valence-electron chi connectivity index (χ3n) is 9.78. The van der Waals surface area contributed by atoms with Crippen molar-refractivity contribution in [2.45, 2.75) is 245 Å². The lowest BCUT2D eigenvalue weighted by molar-refractivity contribution is 0.575. The zero-order valence-corrected chi connectivity index (χ0v) is 30.7. The quantitative estimate of drug-likeness (QED) is 0.0508. The molecule has 0 aliphatic carbocycles. The molecule has 0 bridgehead atoms. The zero-order chi connectivity index (χ0) is 30.0. The topological polar surface area (TPSA) is 0 Å². The minimum absolute atomic E-state index is 1.30. The third-order valence-corrected chi connectivity index (χ3v) is 14.8. The molecule has 0 aliphatic heterocycles. The fraction of sp³-hybridized carbons (Fsp3) is 0.950. The lowest BCUT2D eigenvalue weighted by Crippen LogP contribution is -2.32. The van der Waals surface area contributed by atoms with Crippen molar-refractivity contribution in [3.8, 4) is 0 Å². The van der Waals surface area contributed by atoms with Crippen LogP contribution in [0.25, 0.3) is 0 Å². The Morgan fingerprint density at radius 2 is 0.537 bits per heavy atom. The lowest BCUT2D eigenvalue weighted by Gasteiger charge is -2.29. The first-order chi connectivity index (χ1) is 20.2. The van der Waals surface area contributed by atoms with Crippen LogP contribution in [0.1, 0.15) is 227 Å². The predicted octanol–water partition coefficient (Wildman–Crippen LogP) is 15.7. The van der Waals surface area contributed by atoms with Gasteiger partial charge in [0, 0.05) is 0 Å². The van der Waals surface area contributed by atoms with Crippen molar-refractivity contribution in [3.05, 3.63) is 11.8 Å². The van der Waals surface area contributed by atoms with Gasteiger partial charge in [0.25, 0.3) is 0 Å². The van der Waals surface area contributed by atoms with Crippen LogP contribution >= 0.6 is 0 Å². The van der Waals surface area contributed by atoms with E-state index < -0.39 is 8.07 Å². The highest BCUT2D eigenvalue weighted by Gasteiger charge is 2.28. The average molecular weight is 591 g/mol. The summed E-state index contributed by atoms with van der Waals surface area (Å²) in [7, 11) is -1.30. The molecular formula is C40H82Si. The van der Waals surface area contributed by atoms with Crippen molar-refractivity contribution in [3.63, 3.8) is 0 Å². The van der Waals surface area contributed by atoms with Gasteiger partial charge in [0.15, 0.2) is 0 Å². The minimum Gasteiger partial charge on any atom is -0.0981 e. The van der Waals surface area contributed by atoms with Crippen molar-refractivity contribution in [1.82, 2.24) is 0 Å². The van der Waals surface area contributed by atoms with E-state index in [4.69, 9.17) is 0 Å². The molecule has 0 saturated carbocycles. The van der Waals surface area contributed by atoms with Crippen LogP contribution < -0.4 is 0 Å². The number of unbranched alkanes of at least 4 members (excludes halogenated alkanes) is 27. The van der Waals surface area contributed by atoms with Gasteiger partial charge in [-0.1, -0.05) is 244 Å². The first-order valence-corrected chi connectivity index (χ1v) is 22.6. The first-order valence-electron chi connectivity index (χ1n) is 19.9. The molecule has 0 aliphatic rings. The van der Waals surface area contributed by atoms with Gasteiger partial charge in [-0.3, -0.25) is 0 Å². The molecule has 41 heavy (non-hydrogen) atoms. The molecule has 0 saturated heterocycles. The zero-order valence-electron chi connectivity index (χ0n) is 29.7. The van der Waals surface area contributed by atoms with Crippen LogP contribution in [0.15, 0.2) is 11.8 Å². The second-order valence-electron chi connectivity index (χ2n) is 14.0. The SMILES string of the molecule is CCCCCCCC/C=C/[Si](CCCCCCCCCC)(CCCCCCCCCC)CCCCCCCCCC. The van der Waals surface area contributed by atoms with Crippen molar-refractivity contribution >= 4 is 8.07 Å². The lowest BCUT2D eigenvalue weighted by atomic mass is 10.1. The number of rotatable bonds is 35. The molecule has 0 unspecified atom stereocenters. The van der Waals surface area contributed by atoms with Gasteiger partial charge in [-0.15, -0.1) is 0 Å². The van der Waals surface area contributed by atoms with Crippen molar-refractivity contribution in [2.24, 2.45) is 0 Å². The molecule has 0 atom stereocenters. The van der Waals surface area contributed by atoms with Crippen molar-refractivity contribution in [2.75, 3.05) is 0 Å². The van der Waals surface area contributed by atoms with Gasteiger partial charge in [0.2, 0.25) is 0 Å². The van der Waals surface area contributed by atoms with Gasteiger partial charge in [-0.25, -0.2) is 0 Å². The molecule has 0 nitrogen and oxygen atoms in total. The van der Waals surface area contributed by atoms with E-state index in [2.05, 4.69) is 39.5 Å². The monoisotopic (exact) mass is 591 g/mol. The van der Waals surface area contributed by atoms with Crippen LogP contribution in [0.2, 0.25) is 18.1 Å². The van der Waals surface area contributed by atoms with Crippen LogP contribution in [0.3, 0.4) is 0 Å². The largest absolute Gasteiger partial charge is 0.0981 e. The molecule has 0 N–H and O–H groups in total. The van der Waals surface area contributed by atoms with Crippen LogP contribution in [0.4, 0.5) is 0 Å². The first kappa shape index (κ1) is 41.0. The molecular weight excluding hydrogens is 509 g/mol. The highest BCUT2D eigenvalue weighted by molar-refractivity contribution is 6.84. The van der Waals surface area contributed by atoms with E-state index in [1.54, 1.807) is 18.1 Å². The second kappa shape index (κ2) is 34.4. The summed E-state index contributed by atoms with van der Waals surface area (Å²) in [6.45, 7) is 9.34. The van der Waals surface area contributed by atoms with E-state index >= 15 is 0 Å². The average Bonchev–Trinajstić information content (AvgIpc) is 2.98. The Labute approximate surface area is 264 Å². The van der Waals surface area contributed by atoms with E-state index in [1.165, 1.54) is 199 Å². The Hall–Kier alpha value is -0.0431. The molecule has 0 fully saturated rings. The molecule has 246 valence electrons. The fourth-order valence-electron chi connectivity index (χ4n) is 6.83. The normalized spacial score (nSPS) is 12.2. The molecule has 0 spiro atoms. The van der Waals surface area contributed by atoms with E-state index in [0.717, 1.165) is 0 Å². The highest BCUT2D eigenvalue weighted by atomic mass is 28.3. The Morgan fingerprint density at radius 3 is 0.829 bits per heavy atom. The van der Waals surface area contributed by atoms with Crippen LogP contribution in [0.5, 0.6) is 0 Å². The highest BCUT2D eigenvalue weighted by Crippen LogP contribution is 2.32. The number of allylic oxidation sites excluding steroid dienone is 1. The summed E-state index contributed by atoms with van der Waals surface area (Å²) in [4.78, 5) is 0. The summed E-state index contributed by atoms with van der Waals surface area (Å²) in [5.74, 6) is 0. The Bertz CT molecular complexity index is 445. The Morgan fingerprint density at radius 1 is 0.293 bits per heavy atom. The van der Waals surface area contributed by atoms with E-state index in [9.17, 15) is 0 Å². The van der Waals surface area contributed by atoms with Gasteiger partial charge in [0.1, 0.15) is 0 Å². The standard InChI is InChI=1S/C40H82Si/c1-5-9-13-17-21-25-29-33-37-41(38-34-30-26-22-18-14-10-6-2,39-35-31-27-23-19-15-11-7-3)40-36-32-28-24-20-16-12-8-4/h33,37H,5-32,34-36,38-40H2,1-4H3/b37-33+. The molecule has 0 aromatic rings. The number of hydrogen-bond acceptors (Lipinski definition) is 0. The second-order valence-corrected chi connectivity index (χ2v) is 18.6. The molecule has 1 heteroatoms. The van der Waals surface area contributed by atoms with Crippen molar-refractivity contribution in [1.29, 1.82) is 0 Å². The molecule has 0 amide bonds. The Kier molecular flexibility index (Phi) is 34.4. The van der Waals surface area contributed by atoms with Crippen LogP contribution in [-0.2, 0) is 0 Å². The summed E-state index contributed by atoms with van der Waals surface area (Å²) >= 11 is 0. The van der Waals surface area contributed by atoms with E-state index in [0.29, 0.717) is 0 Å². The maximum Gasteiger partial charge on any atom is 0.0774 e. The number of hydrogen-bond donors (Lipinski definition) is 0. The van der Waals surface area contributed by atoms with E-state index in [-0.39, 0.29) is 0 Å². The summed E-state index contributed by atoms with van der Waals surface area (Å²) in [5, 5.41) is 0. The molecule has 0 aromatic carbocycles.